The van der Waals surface area contributed by atoms with Crippen LogP contribution < -0.4 is 10.6 Å². The Morgan fingerprint density at radius 2 is 2.28 bits per heavy atom. The number of carboxylic acids is 1. The van der Waals surface area contributed by atoms with E-state index in [0.29, 0.717) is 18.2 Å². The van der Waals surface area contributed by atoms with Crippen LogP contribution in [0.3, 0.4) is 0 Å². The maximum atomic E-state index is 11.9. The lowest BCUT2D eigenvalue weighted by Gasteiger charge is -2.13. The van der Waals surface area contributed by atoms with Gasteiger partial charge < -0.3 is 20.2 Å². The first kappa shape index (κ1) is 12.6. The van der Waals surface area contributed by atoms with E-state index in [2.05, 4.69) is 10.6 Å². The number of nitrogens with one attached hydrogen (secondary N) is 2. The van der Waals surface area contributed by atoms with Crippen molar-refractivity contribution < 1.29 is 19.1 Å². The second-order valence-electron chi connectivity index (χ2n) is 4.53. The molecule has 1 aromatic heterocycles. The molecule has 0 unspecified atom stereocenters. The largest absolute Gasteiger partial charge is 0.475 e. The number of hydrogen-bond donors (Lipinski definition) is 3. The van der Waals surface area contributed by atoms with E-state index in [-0.39, 0.29) is 24.1 Å². The van der Waals surface area contributed by atoms with Gasteiger partial charge in [0.15, 0.2) is 0 Å². The van der Waals surface area contributed by atoms with Crippen molar-refractivity contribution in [1.82, 2.24) is 10.6 Å². The third-order valence-corrected chi connectivity index (χ3v) is 3.16. The number of furan rings is 1. The Bertz CT molecular complexity index is 455. The van der Waals surface area contributed by atoms with Crippen molar-refractivity contribution in [3.05, 3.63) is 23.7 Å². The highest BCUT2D eigenvalue weighted by Gasteiger charge is 2.29. The molecule has 0 aliphatic carbocycles. The van der Waals surface area contributed by atoms with Gasteiger partial charge in [-0.15, -0.1) is 0 Å². The number of carbonyl (C=O) groups is 2. The second kappa shape index (κ2) is 5.22. The summed E-state index contributed by atoms with van der Waals surface area (Å²) in [6.45, 7) is 3.78. The maximum Gasteiger partial charge on any atom is 0.371 e. The summed E-state index contributed by atoms with van der Waals surface area (Å²) in [4.78, 5) is 22.5. The topological polar surface area (TPSA) is 91.6 Å². The van der Waals surface area contributed by atoms with Gasteiger partial charge in [0.2, 0.25) is 11.7 Å². The minimum Gasteiger partial charge on any atom is -0.475 e. The summed E-state index contributed by atoms with van der Waals surface area (Å²) in [5.41, 5.74) is 0. The molecule has 0 aromatic carbocycles. The van der Waals surface area contributed by atoms with Gasteiger partial charge in [0.1, 0.15) is 5.76 Å². The number of carbonyl (C=O) groups excluding carboxylic acids is 1. The van der Waals surface area contributed by atoms with Crippen molar-refractivity contribution in [2.45, 2.75) is 13.5 Å². The summed E-state index contributed by atoms with van der Waals surface area (Å²) >= 11 is 0. The van der Waals surface area contributed by atoms with E-state index in [9.17, 15) is 9.59 Å². The zero-order valence-corrected chi connectivity index (χ0v) is 10.1. The fraction of sp³-hybridized carbons (Fsp3) is 0.500. The van der Waals surface area contributed by atoms with E-state index in [4.69, 9.17) is 9.52 Å². The Balaban J connectivity index is 1.87. The predicted molar refractivity (Wildman–Crippen MR) is 63.0 cm³/mol. The molecule has 18 heavy (non-hydrogen) atoms. The van der Waals surface area contributed by atoms with E-state index in [1.165, 1.54) is 6.07 Å². The van der Waals surface area contributed by atoms with E-state index in [0.717, 1.165) is 6.54 Å². The predicted octanol–water partition coefficient (Wildman–Crippen LogP) is 0.450. The van der Waals surface area contributed by atoms with Crippen LogP contribution in [-0.2, 0) is 11.3 Å². The number of aromatic carboxylic acids is 1. The average molecular weight is 252 g/mol. The van der Waals surface area contributed by atoms with E-state index < -0.39 is 5.97 Å². The molecule has 1 amide bonds. The fourth-order valence-corrected chi connectivity index (χ4v) is 2.05. The second-order valence-corrected chi connectivity index (χ2v) is 4.53. The summed E-state index contributed by atoms with van der Waals surface area (Å²) < 4.78 is 5.06. The summed E-state index contributed by atoms with van der Waals surface area (Å²) in [5.74, 6) is -0.522. The monoisotopic (exact) mass is 252 g/mol. The van der Waals surface area contributed by atoms with Gasteiger partial charge in [0.25, 0.3) is 0 Å². The lowest BCUT2D eigenvalue weighted by atomic mass is 9.97. The Morgan fingerprint density at radius 3 is 2.83 bits per heavy atom. The highest BCUT2D eigenvalue weighted by atomic mass is 16.4. The van der Waals surface area contributed by atoms with Crippen LogP contribution in [0.4, 0.5) is 0 Å². The quantitative estimate of drug-likeness (QED) is 0.723. The Kier molecular flexibility index (Phi) is 3.66. The van der Waals surface area contributed by atoms with Gasteiger partial charge in [-0.2, -0.15) is 0 Å². The number of rotatable bonds is 4. The van der Waals surface area contributed by atoms with Crippen LogP contribution in [0.25, 0.3) is 0 Å². The summed E-state index contributed by atoms with van der Waals surface area (Å²) in [6, 6.07) is 2.93. The molecule has 1 aliphatic rings. The number of amides is 1. The van der Waals surface area contributed by atoms with Crippen molar-refractivity contribution in [3.8, 4) is 0 Å². The van der Waals surface area contributed by atoms with Crippen molar-refractivity contribution >= 4 is 11.9 Å². The molecule has 1 aromatic rings. The molecule has 6 heteroatoms. The Morgan fingerprint density at radius 1 is 1.50 bits per heavy atom. The first-order valence-electron chi connectivity index (χ1n) is 5.88. The van der Waals surface area contributed by atoms with E-state index >= 15 is 0 Å². The minimum absolute atomic E-state index is 0.0271. The van der Waals surface area contributed by atoms with Crippen molar-refractivity contribution in [1.29, 1.82) is 0 Å². The molecule has 0 saturated carbocycles. The normalized spacial score (nSPS) is 22.9. The minimum atomic E-state index is -1.11. The van der Waals surface area contributed by atoms with E-state index in [1.54, 1.807) is 6.07 Å². The molecule has 3 N–H and O–H groups in total. The summed E-state index contributed by atoms with van der Waals surface area (Å²) in [5, 5.41) is 14.6. The summed E-state index contributed by atoms with van der Waals surface area (Å²) in [7, 11) is 0. The number of carboxylic acid groups (broad SMARTS) is 1. The van der Waals surface area contributed by atoms with E-state index in [1.807, 2.05) is 6.92 Å². The molecule has 2 atom stereocenters. The summed E-state index contributed by atoms with van der Waals surface area (Å²) in [6.07, 6.45) is 0. The van der Waals surface area contributed by atoms with Gasteiger partial charge in [0, 0.05) is 6.54 Å². The lowest BCUT2D eigenvalue weighted by molar-refractivity contribution is -0.125. The highest BCUT2D eigenvalue weighted by Crippen LogP contribution is 2.16. The van der Waals surface area contributed by atoms with Gasteiger partial charge in [-0.1, -0.05) is 6.92 Å². The van der Waals surface area contributed by atoms with Crippen molar-refractivity contribution in [2.75, 3.05) is 13.1 Å². The molecule has 6 nitrogen and oxygen atoms in total. The SMILES string of the molecule is C[C@@H]1CNC[C@H]1C(=O)NCc1ccc(C(=O)O)o1. The molecule has 98 valence electrons. The molecule has 2 rings (SSSR count). The van der Waals surface area contributed by atoms with Gasteiger partial charge in [-0.25, -0.2) is 4.79 Å². The lowest BCUT2D eigenvalue weighted by Crippen LogP contribution is -2.33. The fourth-order valence-electron chi connectivity index (χ4n) is 2.05. The molecule has 0 bridgehead atoms. The van der Waals surface area contributed by atoms with Crippen molar-refractivity contribution in [2.24, 2.45) is 11.8 Å². The Hall–Kier alpha value is -1.82. The molecule has 2 heterocycles. The smallest absolute Gasteiger partial charge is 0.371 e. The van der Waals surface area contributed by atoms with Crippen LogP contribution in [0, 0.1) is 11.8 Å². The van der Waals surface area contributed by atoms with Crippen LogP contribution in [0.15, 0.2) is 16.5 Å². The zero-order chi connectivity index (χ0) is 13.1. The zero-order valence-electron chi connectivity index (χ0n) is 10.1. The molecule has 1 saturated heterocycles. The highest BCUT2D eigenvalue weighted by molar-refractivity contribution is 5.84. The Labute approximate surface area is 104 Å². The molecule has 0 radical (unpaired) electrons. The van der Waals surface area contributed by atoms with Crippen LogP contribution in [-0.4, -0.2) is 30.1 Å². The van der Waals surface area contributed by atoms with Crippen LogP contribution in [0.5, 0.6) is 0 Å². The first-order valence-corrected chi connectivity index (χ1v) is 5.88. The number of hydrogen-bond acceptors (Lipinski definition) is 4. The standard InChI is InChI=1S/C12H16N2O4/c1-7-4-13-6-9(7)11(15)14-5-8-2-3-10(18-8)12(16)17/h2-3,7,9,13H,4-6H2,1H3,(H,14,15)(H,16,17)/t7-,9-/m1/s1. The average Bonchev–Trinajstić information content (AvgIpc) is 2.94. The molecule has 1 fully saturated rings. The third-order valence-electron chi connectivity index (χ3n) is 3.16. The third kappa shape index (κ3) is 2.70. The van der Waals surface area contributed by atoms with Gasteiger partial charge >= 0.3 is 5.97 Å². The van der Waals surface area contributed by atoms with Gasteiger partial charge in [-0.3, -0.25) is 4.79 Å². The van der Waals surface area contributed by atoms with Gasteiger partial charge in [0.05, 0.1) is 12.5 Å². The van der Waals surface area contributed by atoms with Crippen LogP contribution in [0.1, 0.15) is 23.2 Å². The molecular weight excluding hydrogens is 236 g/mol. The first-order chi connectivity index (χ1) is 8.58. The molecule has 0 spiro atoms. The maximum absolute atomic E-state index is 11.9. The van der Waals surface area contributed by atoms with Crippen LogP contribution >= 0.6 is 0 Å². The van der Waals surface area contributed by atoms with Crippen LogP contribution in [0.2, 0.25) is 0 Å². The molecular formula is C12H16N2O4. The van der Waals surface area contributed by atoms with Crippen molar-refractivity contribution in [3.63, 3.8) is 0 Å². The van der Waals surface area contributed by atoms with Gasteiger partial charge in [-0.05, 0) is 24.6 Å². The molecule has 1 aliphatic heterocycles.